The Labute approximate surface area is 116 Å². The smallest absolute Gasteiger partial charge is 0.268 e. The first-order valence-corrected chi connectivity index (χ1v) is 6.06. The molecule has 102 valence electrons. The molecule has 5 heteroatoms. The number of aromatic amines is 1. The molecule has 0 radical (unpaired) electrons. The molecule has 1 aromatic carbocycles. The van der Waals surface area contributed by atoms with Crippen molar-refractivity contribution in [2.45, 2.75) is 13.8 Å². The molecule has 2 rings (SSSR count). The van der Waals surface area contributed by atoms with E-state index in [1.54, 1.807) is 13.2 Å². The van der Waals surface area contributed by atoms with Gasteiger partial charge >= 0.3 is 0 Å². The molecule has 3 N–H and O–H groups in total. The summed E-state index contributed by atoms with van der Waals surface area (Å²) in [5, 5.41) is 9.21. The number of nitrogens with one attached hydrogen (secondary N) is 1. The highest BCUT2D eigenvalue weighted by molar-refractivity contribution is 5.80. The van der Waals surface area contributed by atoms with E-state index in [0.29, 0.717) is 16.9 Å². The Kier molecular flexibility index (Phi) is 3.49. The van der Waals surface area contributed by atoms with Crippen LogP contribution in [0.1, 0.15) is 16.7 Å². The summed E-state index contributed by atoms with van der Waals surface area (Å²) in [5.41, 5.74) is 8.39. The molecule has 1 aromatic heterocycles. The molecule has 20 heavy (non-hydrogen) atoms. The van der Waals surface area contributed by atoms with Crippen LogP contribution in [0.4, 0.5) is 5.82 Å². The van der Waals surface area contributed by atoms with E-state index < -0.39 is 5.56 Å². The Morgan fingerprint density at radius 1 is 1.30 bits per heavy atom. The van der Waals surface area contributed by atoms with Gasteiger partial charge in [0.05, 0.1) is 7.11 Å². The first-order valence-electron chi connectivity index (χ1n) is 6.06. The third-order valence-corrected chi connectivity index (χ3v) is 3.10. The molecule has 2 aromatic rings. The van der Waals surface area contributed by atoms with Gasteiger partial charge in [-0.2, -0.15) is 5.26 Å². The summed E-state index contributed by atoms with van der Waals surface area (Å²) in [6.07, 6.45) is 0. The van der Waals surface area contributed by atoms with Gasteiger partial charge in [-0.05, 0) is 37.1 Å². The van der Waals surface area contributed by atoms with Crippen LogP contribution in [0.3, 0.4) is 0 Å². The second kappa shape index (κ2) is 5.10. The molecule has 0 aliphatic rings. The summed E-state index contributed by atoms with van der Waals surface area (Å²) >= 11 is 0. The number of methoxy groups -OCH3 is 1. The summed E-state index contributed by atoms with van der Waals surface area (Å²) in [6.45, 7) is 3.86. The first-order chi connectivity index (χ1) is 9.47. The molecule has 0 amide bonds. The first kappa shape index (κ1) is 13.7. The standard InChI is InChI=1S/C15H15N3O2/c1-8-4-9(2)14(12(5-8)20-3)10-6-13(17)18-15(19)11(10)7-16/h4-6H,1-3H3,(H3,17,18,19). The van der Waals surface area contributed by atoms with Crippen LogP contribution in [-0.2, 0) is 0 Å². The van der Waals surface area contributed by atoms with Crippen LogP contribution < -0.4 is 16.0 Å². The van der Waals surface area contributed by atoms with E-state index in [2.05, 4.69) is 4.98 Å². The molecule has 0 aliphatic heterocycles. The van der Waals surface area contributed by atoms with Crippen LogP contribution in [-0.4, -0.2) is 12.1 Å². The zero-order valence-electron chi connectivity index (χ0n) is 11.6. The normalized spacial score (nSPS) is 10.1. The van der Waals surface area contributed by atoms with E-state index in [0.717, 1.165) is 11.1 Å². The molecule has 0 fully saturated rings. The third-order valence-electron chi connectivity index (χ3n) is 3.10. The van der Waals surface area contributed by atoms with Crippen LogP contribution in [0.5, 0.6) is 5.75 Å². The van der Waals surface area contributed by atoms with E-state index in [4.69, 9.17) is 10.5 Å². The summed E-state index contributed by atoms with van der Waals surface area (Å²) in [7, 11) is 1.56. The number of rotatable bonds is 2. The number of benzene rings is 1. The number of hydrogen-bond acceptors (Lipinski definition) is 4. The zero-order valence-corrected chi connectivity index (χ0v) is 11.6. The van der Waals surface area contributed by atoms with E-state index in [9.17, 15) is 10.1 Å². The number of nitrogens with zero attached hydrogens (tertiary/aromatic N) is 1. The van der Waals surface area contributed by atoms with Gasteiger partial charge in [0.15, 0.2) is 0 Å². The van der Waals surface area contributed by atoms with Crippen molar-refractivity contribution >= 4 is 5.82 Å². The average molecular weight is 269 g/mol. The predicted octanol–water partition coefficient (Wildman–Crippen LogP) is 2.12. The zero-order chi connectivity index (χ0) is 14.9. The summed E-state index contributed by atoms with van der Waals surface area (Å²) in [6, 6.07) is 7.34. The fourth-order valence-corrected chi connectivity index (χ4v) is 2.32. The van der Waals surface area contributed by atoms with Gasteiger partial charge in [-0.25, -0.2) is 0 Å². The minimum absolute atomic E-state index is 0.0319. The Morgan fingerprint density at radius 2 is 2.00 bits per heavy atom. The van der Waals surface area contributed by atoms with Crippen molar-refractivity contribution in [3.8, 4) is 22.9 Å². The molecule has 1 heterocycles. The fraction of sp³-hybridized carbons (Fsp3) is 0.200. The van der Waals surface area contributed by atoms with E-state index in [1.165, 1.54) is 0 Å². The molecule has 0 unspecified atom stereocenters. The molecule has 0 aliphatic carbocycles. The van der Waals surface area contributed by atoms with Crippen molar-refractivity contribution in [1.82, 2.24) is 4.98 Å². The fourth-order valence-electron chi connectivity index (χ4n) is 2.32. The molecule has 0 spiro atoms. The van der Waals surface area contributed by atoms with Crippen molar-refractivity contribution in [3.63, 3.8) is 0 Å². The minimum atomic E-state index is -0.496. The molecule has 0 saturated carbocycles. The van der Waals surface area contributed by atoms with Crippen LogP contribution in [0.15, 0.2) is 23.0 Å². The third kappa shape index (κ3) is 2.24. The molecule has 0 atom stereocenters. The number of H-pyrrole nitrogens is 1. The van der Waals surface area contributed by atoms with Crippen molar-refractivity contribution in [1.29, 1.82) is 5.26 Å². The second-order valence-corrected chi connectivity index (χ2v) is 4.61. The van der Waals surface area contributed by atoms with Gasteiger partial charge in [-0.15, -0.1) is 0 Å². The number of nitrogen functional groups attached to an aromatic ring is 1. The number of anilines is 1. The van der Waals surface area contributed by atoms with Crippen LogP contribution in [0.25, 0.3) is 11.1 Å². The average Bonchev–Trinajstić information content (AvgIpc) is 2.36. The number of aryl methyl sites for hydroxylation is 2. The van der Waals surface area contributed by atoms with Gasteiger partial charge in [-0.3, -0.25) is 4.79 Å². The van der Waals surface area contributed by atoms with Crippen molar-refractivity contribution in [2.75, 3.05) is 12.8 Å². The van der Waals surface area contributed by atoms with Gasteiger partial charge in [0.1, 0.15) is 23.2 Å². The van der Waals surface area contributed by atoms with Crippen LogP contribution >= 0.6 is 0 Å². The van der Waals surface area contributed by atoms with E-state index >= 15 is 0 Å². The highest BCUT2D eigenvalue weighted by Gasteiger charge is 2.17. The molecular formula is C15H15N3O2. The second-order valence-electron chi connectivity index (χ2n) is 4.61. The van der Waals surface area contributed by atoms with Crippen LogP contribution in [0.2, 0.25) is 0 Å². The van der Waals surface area contributed by atoms with Gasteiger partial charge in [0.2, 0.25) is 0 Å². The minimum Gasteiger partial charge on any atom is -0.496 e. The molecule has 5 nitrogen and oxygen atoms in total. The van der Waals surface area contributed by atoms with Crippen molar-refractivity contribution in [2.24, 2.45) is 0 Å². The Morgan fingerprint density at radius 3 is 2.60 bits per heavy atom. The molecule has 0 bridgehead atoms. The maximum absolute atomic E-state index is 11.8. The lowest BCUT2D eigenvalue weighted by molar-refractivity contribution is 0.416. The topological polar surface area (TPSA) is 91.9 Å². The summed E-state index contributed by atoms with van der Waals surface area (Å²) < 4.78 is 5.38. The SMILES string of the molecule is COc1cc(C)cc(C)c1-c1cc(N)[nH]c(=O)c1C#N. The number of ether oxygens (including phenoxy) is 1. The van der Waals surface area contributed by atoms with E-state index in [-0.39, 0.29) is 11.4 Å². The Balaban J connectivity index is 2.89. The molecular weight excluding hydrogens is 254 g/mol. The number of aromatic nitrogens is 1. The lowest BCUT2D eigenvalue weighted by Crippen LogP contribution is -2.14. The van der Waals surface area contributed by atoms with Crippen LogP contribution in [0, 0.1) is 25.2 Å². The van der Waals surface area contributed by atoms with Crippen molar-refractivity contribution < 1.29 is 4.74 Å². The van der Waals surface area contributed by atoms with Gasteiger partial charge < -0.3 is 15.5 Å². The predicted molar refractivity (Wildman–Crippen MR) is 77.7 cm³/mol. The summed E-state index contributed by atoms with van der Waals surface area (Å²) in [4.78, 5) is 14.3. The number of nitrogens with two attached hydrogens (primary N) is 1. The number of pyridine rings is 1. The monoisotopic (exact) mass is 269 g/mol. The molecule has 0 saturated heterocycles. The van der Waals surface area contributed by atoms with Gasteiger partial charge in [-0.1, -0.05) is 6.07 Å². The lowest BCUT2D eigenvalue weighted by atomic mass is 9.95. The highest BCUT2D eigenvalue weighted by Crippen LogP contribution is 2.35. The Hall–Kier alpha value is -2.74. The van der Waals surface area contributed by atoms with Gasteiger partial charge in [0.25, 0.3) is 5.56 Å². The van der Waals surface area contributed by atoms with Crippen molar-refractivity contribution in [3.05, 3.63) is 45.2 Å². The maximum Gasteiger partial charge on any atom is 0.268 e. The summed E-state index contributed by atoms with van der Waals surface area (Å²) in [5.74, 6) is 0.829. The lowest BCUT2D eigenvalue weighted by Gasteiger charge is -2.14. The van der Waals surface area contributed by atoms with Gasteiger partial charge in [0, 0.05) is 11.1 Å². The quantitative estimate of drug-likeness (QED) is 0.873. The Bertz CT molecular complexity index is 770. The number of hydrogen-bond donors (Lipinski definition) is 2. The largest absolute Gasteiger partial charge is 0.496 e. The maximum atomic E-state index is 11.8. The number of nitriles is 1. The highest BCUT2D eigenvalue weighted by atomic mass is 16.5. The van der Waals surface area contributed by atoms with E-state index in [1.807, 2.05) is 32.0 Å².